The van der Waals surface area contributed by atoms with Gasteiger partial charge in [0, 0.05) is 5.69 Å². The highest BCUT2D eigenvalue weighted by Gasteiger charge is 2.30. The van der Waals surface area contributed by atoms with Gasteiger partial charge in [0.1, 0.15) is 5.75 Å². The number of carbonyl (C=O) groups excluding carboxylic acids is 1. The van der Waals surface area contributed by atoms with Crippen molar-refractivity contribution in [1.29, 1.82) is 0 Å². The molecule has 1 unspecified atom stereocenters. The highest BCUT2D eigenvalue weighted by Crippen LogP contribution is 2.35. The van der Waals surface area contributed by atoms with Crippen molar-refractivity contribution >= 4 is 59.5 Å². The van der Waals surface area contributed by atoms with Crippen molar-refractivity contribution < 1.29 is 14.6 Å². The number of rotatable bonds is 4. The number of urea groups is 1. The molecule has 0 bridgehead atoms. The number of hydrogen-bond donors (Lipinski definition) is 3. The van der Waals surface area contributed by atoms with Gasteiger partial charge in [-0.15, -0.1) is 0 Å². The van der Waals surface area contributed by atoms with Crippen LogP contribution in [0.5, 0.6) is 5.75 Å². The molecule has 0 saturated carbocycles. The molecule has 0 aromatic heterocycles. The molecular formula is C11H13Br3N2O3. The van der Waals surface area contributed by atoms with Crippen molar-refractivity contribution in [3.05, 3.63) is 24.3 Å². The Morgan fingerprint density at radius 3 is 2.42 bits per heavy atom. The van der Waals surface area contributed by atoms with Gasteiger partial charge in [-0.25, -0.2) is 4.79 Å². The molecule has 0 saturated heterocycles. The van der Waals surface area contributed by atoms with Gasteiger partial charge in [0.25, 0.3) is 0 Å². The molecule has 8 heteroatoms. The third-order valence-electron chi connectivity index (χ3n) is 2.00. The second kappa shape index (κ2) is 7.47. The summed E-state index contributed by atoms with van der Waals surface area (Å²) in [5.74, 6) is 0.730. The van der Waals surface area contributed by atoms with Crippen molar-refractivity contribution in [3.63, 3.8) is 0 Å². The van der Waals surface area contributed by atoms with Crippen molar-refractivity contribution in [2.75, 3.05) is 11.9 Å². The predicted octanol–water partition coefficient (Wildman–Crippen LogP) is 3.36. The number of benzene rings is 1. The van der Waals surface area contributed by atoms with Gasteiger partial charge < -0.3 is 20.5 Å². The van der Waals surface area contributed by atoms with Crippen LogP contribution in [0.25, 0.3) is 0 Å². The SMILES string of the molecule is CCOc1ccc(NC(=O)NC(O)C(Br)(Br)Br)cc1. The lowest BCUT2D eigenvalue weighted by molar-refractivity contribution is 0.157. The number of aliphatic hydroxyl groups excluding tert-OH is 1. The summed E-state index contributed by atoms with van der Waals surface area (Å²) in [7, 11) is 0. The number of ether oxygens (including phenoxy) is 1. The van der Waals surface area contributed by atoms with Crippen LogP contribution < -0.4 is 15.4 Å². The normalized spacial score (nSPS) is 12.7. The number of anilines is 1. The van der Waals surface area contributed by atoms with Crippen LogP contribution in [0.1, 0.15) is 6.92 Å². The summed E-state index contributed by atoms with van der Waals surface area (Å²) < 4.78 is 4.32. The van der Waals surface area contributed by atoms with Crippen LogP contribution in [0.2, 0.25) is 0 Å². The molecule has 0 aliphatic carbocycles. The van der Waals surface area contributed by atoms with Crippen LogP contribution in [0, 0.1) is 0 Å². The first kappa shape index (κ1) is 16.7. The monoisotopic (exact) mass is 458 g/mol. The molecular weight excluding hydrogens is 448 g/mol. The van der Waals surface area contributed by atoms with Crippen molar-refractivity contribution in [3.8, 4) is 5.75 Å². The molecule has 0 spiro atoms. The number of alkyl halides is 3. The Morgan fingerprint density at radius 2 is 1.95 bits per heavy atom. The topological polar surface area (TPSA) is 70.6 Å². The smallest absolute Gasteiger partial charge is 0.321 e. The van der Waals surface area contributed by atoms with Crippen LogP contribution in [0.4, 0.5) is 10.5 Å². The van der Waals surface area contributed by atoms with Crippen molar-refractivity contribution in [2.24, 2.45) is 0 Å². The summed E-state index contributed by atoms with van der Waals surface area (Å²) in [6, 6.07) is 6.39. The summed E-state index contributed by atoms with van der Waals surface area (Å²) in [6.45, 7) is 2.48. The molecule has 3 N–H and O–H groups in total. The Bertz CT molecular complexity index is 420. The average Bonchev–Trinajstić information content (AvgIpc) is 2.30. The minimum atomic E-state index is -1.16. The zero-order valence-electron chi connectivity index (χ0n) is 9.99. The fourth-order valence-corrected chi connectivity index (χ4v) is 1.52. The van der Waals surface area contributed by atoms with Gasteiger partial charge in [0.05, 0.1) is 6.61 Å². The molecule has 5 nitrogen and oxygen atoms in total. The van der Waals surface area contributed by atoms with Crippen LogP contribution >= 0.6 is 47.8 Å². The highest BCUT2D eigenvalue weighted by atomic mass is 80.0. The molecule has 0 aliphatic rings. The summed E-state index contributed by atoms with van der Waals surface area (Å²) in [4.78, 5) is 11.6. The van der Waals surface area contributed by atoms with E-state index in [9.17, 15) is 9.90 Å². The standard InChI is InChI=1S/C11H13Br3N2O3/c1-2-19-8-5-3-7(4-6-8)15-10(18)16-9(17)11(12,13)14/h3-6,9,17H,2H2,1H3,(H2,15,16,18). The maximum absolute atomic E-state index is 11.6. The molecule has 106 valence electrons. The summed E-state index contributed by atoms with van der Waals surface area (Å²) >= 11 is 9.33. The quantitative estimate of drug-likeness (QED) is 0.476. The predicted molar refractivity (Wildman–Crippen MR) is 85.3 cm³/mol. The van der Waals surface area contributed by atoms with E-state index in [2.05, 4.69) is 58.4 Å². The van der Waals surface area contributed by atoms with E-state index < -0.39 is 14.4 Å². The summed E-state index contributed by atoms with van der Waals surface area (Å²) in [6.07, 6.45) is -1.16. The van der Waals surface area contributed by atoms with Crippen LogP contribution in [-0.2, 0) is 0 Å². The molecule has 1 rings (SSSR count). The molecule has 0 radical (unpaired) electrons. The van der Waals surface area contributed by atoms with Crippen LogP contribution in [-0.4, -0.2) is 26.1 Å². The van der Waals surface area contributed by atoms with Gasteiger partial charge in [-0.3, -0.25) is 0 Å². The largest absolute Gasteiger partial charge is 0.494 e. The maximum Gasteiger partial charge on any atom is 0.321 e. The van der Waals surface area contributed by atoms with E-state index in [1.807, 2.05) is 6.92 Å². The third-order valence-corrected chi connectivity index (χ3v) is 3.30. The second-order valence-corrected chi connectivity index (χ2v) is 10.4. The first-order valence-electron chi connectivity index (χ1n) is 5.38. The fraction of sp³-hybridized carbons (Fsp3) is 0.364. The van der Waals surface area contributed by atoms with Crippen molar-refractivity contribution in [2.45, 2.75) is 15.3 Å². The number of halogens is 3. The minimum absolute atomic E-state index is 0.528. The van der Waals surface area contributed by atoms with E-state index in [1.54, 1.807) is 24.3 Å². The Morgan fingerprint density at radius 1 is 1.37 bits per heavy atom. The Kier molecular flexibility index (Phi) is 6.58. The van der Waals surface area contributed by atoms with Gasteiger partial charge in [-0.05, 0) is 31.2 Å². The number of carbonyl (C=O) groups is 1. The lowest BCUT2D eigenvalue weighted by Crippen LogP contribution is -2.44. The minimum Gasteiger partial charge on any atom is -0.494 e. The average molecular weight is 461 g/mol. The van der Waals surface area contributed by atoms with Crippen LogP contribution in [0.15, 0.2) is 24.3 Å². The molecule has 1 aromatic carbocycles. The van der Waals surface area contributed by atoms with E-state index in [-0.39, 0.29) is 0 Å². The zero-order valence-corrected chi connectivity index (χ0v) is 14.7. The maximum atomic E-state index is 11.6. The Balaban J connectivity index is 2.53. The van der Waals surface area contributed by atoms with Gasteiger partial charge in [-0.2, -0.15) is 0 Å². The summed E-state index contributed by atoms with van der Waals surface area (Å²) in [5.41, 5.74) is 0.595. The van der Waals surface area contributed by atoms with E-state index in [4.69, 9.17) is 4.74 Å². The van der Waals surface area contributed by atoms with E-state index >= 15 is 0 Å². The number of aliphatic hydroxyl groups is 1. The second-order valence-electron chi connectivity index (χ2n) is 3.50. The third kappa shape index (κ3) is 6.11. The summed E-state index contributed by atoms with van der Waals surface area (Å²) in [5, 5.41) is 14.5. The van der Waals surface area contributed by atoms with Gasteiger partial charge >= 0.3 is 6.03 Å². The van der Waals surface area contributed by atoms with Gasteiger partial charge in [-0.1, -0.05) is 47.8 Å². The molecule has 1 atom stereocenters. The van der Waals surface area contributed by atoms with E-state index in [1.165, 1.54) is 0 Å². The Labute approximate surface area is 136 Å². The van der Waals surface area contributed by atoms with Gasteiger partial charge in [0.2, 0.25) is 0 Å². The zero-order chi connectivity index (χ0) is 14.5. The van der Waals surface area contributed by atoms with Crippen molar-refractivity contribution in [1.82, 2.24) is 5.32 Å². The number of nitrogens with one attached hydrogen (secondary N) is 2. The fourth-order valence-electron chi connectivity index (χ4n) is 1.17. The molecule has 2 amide bonds. The molecule has 0 heterocycles. The first-order chi connectivity index (χ1) is 8.82. The number of hydrogen-bond acceptors (Lipinski definition) is 3. The molecule has 19 heavy (non-hydrogen) atoms. The van der Waals surface area contributed by atoms with E-state index in [0.717, 1.165) is 5.75 Å². The first-order valence-corrected chi connectivity index (χ1v) is 7.76. The van der Waals surface area contributed by atoms with Gasteiger partial charge in [0.15, 0.2) is 8.37 Å². The Hall–Kier alpha value is -0.310. The van der Waals surface area contributed by atoms with E-state index in [0.29, 0.717) is 12.3 Å². The lowest BCUT2D eigenvalue weighted by atomic mass is 10.3. The lowest BCUT2D eigenvalue weighted by Gasteiger charge is -2.21. The molecule has 0 aliphatic heterocycles. The molecule has 1 aromatic rings. The van der Waals surface area contributed by atoms with Crippen LogP contribution in [0.3, 0.4) is 0 Å². The number of amides is 2. The highest BCUT2D eigenvalue weighted by molar-refractivity contribution is 9.39. The molecule has 0 fully saturated rings.